The summed E-state index contributed by atoms with van der Waals surface area (Å²) in [6.45, 7) is 5.15. The van der Waals surface area contributed by atoms with E-state index in [9.17, 15) is 14.7 Å². The van der Waals surface area contributed by atoms with Crippen LogP contribution in [0.4, 0.5) is 5.69 Å². The molecule has 1 amide bonds. The van der Waals surface area contributed by atoms with E-state index in [0.29, 0.717) is 18.7 Å². The zero-order valence-electron chi connectivity index (χ0n) is 15.5. The zero-order chi connectivity index (χ0) is 18.7. The van der Waals surface area contributed by atoms with Gasteiger partial charge in [0.2, 0.25) is 5.91 Å². The van der Waals surface area contributed by atoms with Crippen LogP contribution in [-0.2, 0) is 9.59 Å². The first-order chi connectivity index (χ1) is 12.5. The maximum absolute atomic E-state index is 12.5. The summed E-state index contributed by atoms with van der Waals surface area (Å²) < 4.78 is 1.81. The average molecular weight is 393 g/mol. The number of rotatable bonds is 5. The van der Waals surface area contributed by atoms with Crippen LogP contribution in [0.2, 0.25) is 0 Å². The highest BCUT2D eigenvalue weighted by atomic mass is 35.5. The van der Waals surface area contributed by atoms with Gasteiger partial charge in [-0.05, 0) is 45.4 Å². The van der Waals surface area contributed by atoms with Crippen LogP contribution in [0.25, 0.3) is 5.69 Å². The Kier molecular flexibility index (Phi) is 6.98. The van der Waals surface area contributed by atoms with E-state index in [2.05, 4.69) is 10.4 Å². The highest BCUT2D eigenvalue weighted by Crippen LogP contribution is 2.23. The van der Waals surface area contributed by atoms with E-state index in [0.717, 1.165) is 30.0 Å². The van der Waals surface area contributed by atoms with Crippen LogP contribution in [-0.4, -0.2) is 51.3 Å². The maximum Gasteiger partial charge on any atom is 0.307 e. The Bertz CT molecular complexity index is 807. The fourth-order valence-corrected chi connectivity index (χ4v) is 3.43. The summed E-state index contributed by atoms with van der Waals surface area (Å²) in [5, 5.41) is 16.6. The molecule has 2 heterocycles. The molecule has 0 bridgehead atoms. The number of amides is 1. The van der Waals surface area contributed by atoms with Gasteiger partial charge in [-0.2, -0.15) is 5.10 Å². The number of aliphatic carboxylic acids is 1. The second kappa shape index (κ2) is 9.01. The molecule has 1 aromatic heterocycles. The minimum absolute atomic E-state index is 0. The number of carbonyl (C=O) groups excluding carboxylic acids is 1. The van der Waals surface area contributed by atoms with Crippen LogP contribution in [0.15, 0.2) is 30.3 Å². The Hall–Kier alpha value is -2.38. The third-order valence-corrected chi connectivity index (χ3v) is 4.78. The molecule has 0 saturated carbocycles. The van der Waals surface area contributed by atoms with Gasteiger partial charge in [-0.1, -0.05) is 18.2 Å². The Labute approximate surface area is 164 Å². The van der Waals surface area contributed by atoms with E-state index >= 15 is 0 Å². The van der Waals surface area contributed by atoms with E-state index in [4.69, 9.17) is 0 Å². The van der Waals surface area contributed by atoms with Crippen molar-refractivity contribution in [1.82, 2.24) is 14.7 Å². The number of hydrogen-bond donors (Lipinski definition) is 2. The second-order valence-corrected chi connectivity index (χ2v) is 6.75. The maximum atomic E-state index is 12.5. The summed E-state index contributed by atoms with van der Waals surface area (Å²) in [6, 6.07) is 9.76. The SMILES string of the molecule is Cc1nn(-c2ccccc2)c(C)c1NC(=O)CN1CCCC(C(=O)O)C1.Cl. The number of piperidine rings is 1. The van der Waals surface area contributed by atoms with Crippen molar-refractivity contribution in [1.29, 1.82) is 0 Å². The Morgan fingerprint density at radius 1 is 1.26 bits per heavy atom. The van der Waals surface area contributed by atoms with Gasteiger partial charge in [-0.15, -0.1) is 12.4 Å². The van der Waals surface area contributed by atoms with E-state index in [1.807, 2.05) is 53.8 Å². The minimum atomic E-state index is -0.786. The number of benzene rings is 1. The molecule has 1 atom stereocenters. The molecule has 2 aromatic rings. The van der Waals surface area contributed by atoms with Gasteiger partial charge in [-0.3, -0.25) is 14.5 Å². The number of carboxylic acid groups (broad SMARTS) is 1. The third-order valence-electron chi connectivity index (χ3n) is 4.78. The number of para-hydroxylation sites is 1. The number of aromatic nitrogens is 2. The van der Waals surface area contributed by atoms with Gasteiger partial charge in [0.1, 0.15) is 0 Å². The molecular formula is C19H25ClN4O3. The molecule has 1 aliphatic rings. The molecule has 2 N–H and O–H groups in total. The fourth-order valence-electron chi connectivity index (χ4n) is 3.43. The molecule has 3 rings (SSSR count). The van der Waals surface area contributed by atoms with Gasteiger partial charge in [0.15, 0.2) is 0 Å². The summed E-state index contributed by atoms with van der Waals surface area (Å²) in [5.41, 5.74) is 3.27. The molecule has 1 saturated heterocycles. The van der Waals surface area contributed by atoms with E-state index < -0.39 is 5.97 Å². The lowest BCUT2D eigenvalue weighted by molar-refractivity contribution is -0.144. The first-order valence-corrected chi connectivity index (χ1v) is 8.82. The zero-order valence-corrected chi connectivity index (χ0v) is 16.3. The lowest BCUT2D eigenvalue weighted by Crippen LogP contribution is -2.42. The Balaban J connectivity index is 0.00000261. The molecule has 146 valence electrons. The van der Waals surface area contributed by atoms with E-state index in [1.165, 1.54) is 0 Å². The number of anilines is 1. The summed E-state index contributed by atoms with van der Waals surface area (Å²) in [4.78, 5) is 25.5. The van der Waals surface area contributed by atoms with Crippen molar-refractivity contribution < 1.29 is 14.7 Å². The molecule has 0 spiro atoms. The van der Waals surface area contributed by atoms with Crippen molar-refractivity contribution in [2.45, 2.75) is 26.7 Å². The standard InChI is InChI=1S/C19H24N4O3.ClH/c1-13-18(14(2)23(21-13)16-8-4-3-5-9-16)20-17(24)12-22-10-6-7-15(11-22)19(25)26;/h3-5,8-9,15H,6-7,10-12H2,1-2H3,(H,20,24)(H,25,26);1H. The number of nitrogens with one attached hydrogen (secondary N) is 1. The van der Waals surface area contributed by atoms with Gasteiger partial charge in [0.05, 0.1) is 35.2 Å². The molecule has 27 heavy (non-hydrogen) atoms. The smallest absolute Gasteiger partial charge is 0.307 e. The average Bonchev–Trinajstić information content (AvgIpc) is 2.91. The van der Waals surface area contributed by atoms with Crippen LogP contribution in [0, 0.1) is 19.8 Å². The molecule has 1 unspecified atom stereocenters. The summed E-state index contributed by atoms with van der Waals surface area (Å²) >= 11 is 0. The van der Waals surface area contributed by atoms with Crippen LogP contribution in [0.5, 0.6) is 0 Å². The van der Waals surface area contributed by atoms with E-state index in [-0.39, 0.29) is 30.8 Å². The lowest BCUT2D eigenvalue weighted by Gasteiger charge is -2.29. The quantitative estimate of drug-likeness (QED) is 0.816. The third kappa shape index (κ3) is 4.87. The monoisotopic (exact) mass is 392 g/mol. The molecule has 0 radical (unpaired) electrons. The number of hydrogen-bond acceptors (Lipinski definition) is 4. The van der Waals surface area contributed by atoms with Crippen LogP contribution in [0.3, 0.4) is 0 Å². The highest BCUT2D eigenvalue weighted by molar-refractivity contribution is 5.93. The van der Waals surface area contributed by atoms with Gasteiger partial charge in [0.25, 0.3) is 0 Å². The van der Waals surface area contributed by atoms with Crippen LogP contribution >= 0.6 is 12.4 Å². The molecule has 1 fully saturated rings. The van der Waals surface area contributed by atoms with Crippen molar-refractivity contribution in [3.05, 3.63) is 41.7 Å². The number of nitrogens with zero attached hydrogens (tertiary/aromatic N) is 3. The first-order valence-electron chi connectivity index (χ1n) is 8.82. The largest absolute Gasteiger partial charge is 0.481 e. The number of likely N-dealkylation sites (tertiary alicyclic amines) is 1. The minimum Gasteiger partial charge on any atom is -0.481 e. The van der Waals surface area contributed by atoms with Crippen molar-refractivity contribution in [3.63, 3.8) is 0 Å². The molecular weight excluding hydrogens is 368 g/mol. The molecule has 1 aromatic carbocycles. The van der Waals surface area contributed by atoms with Crippen molar-refractivity contribution >= 4 is 30.0 Å². The summed E-state index contributed by atoms with van der Waals surface area (Å²) in [6.07, 6.45) is 1.48. The molecule has 8 heteroatoms. The molecule has 0 aliphatic carbocycles. The van der Waals surface area contributed by atoms with Gasteiger partial charge in [-0.25, -0.2) is 4.68 Å². The fraction of sp³-hybridized carbons (Fsp3) is 0.421. The number of aryl methyl sites for hydroxylation is 1. The van der Waals surface area contributed by atoms with Crippen molar-refractivity contribution in [3.8, 4) is 5.69 Å². The second-order valence-electron chi connectivity index (χ2n) is 6.75. The van der Waals surface area contributed by atoms with Crippen molar-refractivity contribution in [2.75, 3.05) is 25.0 Å². The summed E-state index contributed by atoms with van der Waals surface area (Å²) in [5.74, 6) is -1.32. The number of carbonyl (C=O) groups is 2. The van der Waals surface area contributed by atoms with Crippen LogP contribution in [0.1, 0.15) is 24.2 Å². The lowest BCUT2D eigenvalue weighted by atomic mass is 9.98. The van der Waals surface area contributed by atoms with Crippen molar-refractivity contribution in [2.24, 2.45) is 5.92 Å². The van der Waals surface area contributed by atoms with E-state index in [1.54, 1.807) is 0 Å². The highest BCUT2D eigenvalue weighted by Gasteiger charge is 2.26. The predicted molar refractivity (Wildman–Crippen MR) is 106 cm³/mol. The predicted octanol–water partition coefficient (Wildman–Crippen LogP) is 2.65. The first kappa shape index (κ1) is 20.9. The molecule has 1 aliphatic heterocycles. The van der Waals surface area contributed by atoms with Gasteiger partial charge < -0.3 is 10.4 Å². The van der Waals surface area contributed by atoms with Gasteiger partial charge >= 0.3 is 5.97 Å². The number of carboxylic acids is 1. The van der Waals surface area contributed by atoms with Crippen LogP contribution < -0.4 is 5.32 Å². The van der Waals surface area contributed by atoms with Gasteiger partial charge in [0, 0.05) is 6.54 Å². The number of halogens is 1. The topological polar surface area (TPSA) is 87.5 Å². The Morgan fingerprint density at radius 2 is 1.96 bits per heavy atom. The summed E-state index contributed by atoms with van der Waals surface area (Å²) in [7, 11) is 0. The molecule has 7 nitrogen and oxygen atoms in total. The normalized spacial score (nSPS) is 17.2. The Morgan fingerprint density at radius 3 is 2.63 bits per heavy atom.